The van der Waals surface area contributed by atoms with Crippen molar-refractivity contribution in [2.45, 2.75) is 45.6 Å². The summed E-state index contributed by atoms with van der Waals surface area (Å²) in [5.74, 6) is 0.762. The molecule has 1 heterocycles. The van der Waals surface area contributed by atoms with E-state index in [1.165, 1.54) is 25.7 Å². The molecule has 1 aromatic heterocycles. The number of hydrogen-bond acceptors (Lipinski definition) is 2. The molecule has 0 radical (unpaired) electrons. The Hall–Kier alpha value is -0.510. The van der Waals surface area contributed by atoms with Gasteiger partial charge in [0.1, 0.15) is 5.82 Å². The monoisotopic (exact) mass is 271 g/mol. The quantitative estimate of drug-likeness (QED) is 0.851. The second-order valence-corrected chi connectivity index (χ2v) is 6.09. The number of nitrogen functional groups attached to an aromatic ring is 1. The van der Waals surface area contributed by atoms with Crippen molar-refractivity contribution in [3.05, 3.63) is 10.7 Å². The molecule has 2 rings (SSSR count). The summed E-state index contributed by atoms with van der Waals surface area (Å²) in [5.41, 5.74) is 6.40. The number of nitrogens with zero attached hydrogens (tertiary/aromatic N) is 2. The summed E-state index contributed by atoms with van der Waals surface area (Å²) in [6.07, 6.45) is 6.74. The smallest absolute Gasteiger partial charge is 0.136 e. The first-order valence-electron chi connectivity index (χ1n) is 5.48. The van der Waals surface area contributed by atoms with Gasteiger partial charge >= 0.3 is 0 Å². The molecule has 3 nitrogen and oxygen atoms in total. The zero-order chi connectivity index (χ0) is 11.1. The van der Waals surface area contributed by atoms with Crippen molar-refractivity contribution in [3.63, 3.8) is 0 Å². The Labute approximate surface area is 99.2 Å². The third-order valence-electron chi connectivity index (χ3n) is 3.31. The van der Waals surface area contributed by atoms with Gasteiger partial charge in [-0.15, -0.1) is 0 Å². The molecule has 1 aromatic rings. The number of hydrogen-bond donors (Lipinski definition) is 1. The van der Waals surface area contributed by atoms with Crippen LogP contribution in [0.15, 0.2) is 10.7 Å². The van der Waals surface area contributed by atoms with E-state index >= 15 is 0 Å². The summed E-state index contributed by atoms with van der Waals surface area (Å²) in [5, 5.41) is 4.35. The first-order chi connectivity index (χ1) is 6.99. The summed E-state index contributed by atoms with van der Waals surface area (Å²) in [6, 6.07) is 0.472. The number of halogens is 1. The van der Waals surface area contributed by atoms with E-state index in [2.05, 4.69) is 34.9 Å². The van der Waals surface area contributed by atoms with Gasteiger partial charge in [-0.1, -0.05) is 20.3 Å². The molecular formula is C11H18BrN3. The average Bonchev–Trinajstić information content (AvgIpc) is 2.46. The Morgan fingerprint density at radius 3 is 2.87 bits per heavy atom. The lowest BCUT2D eigenvalue weighted by Gasteiger charge is -2.35. The van der Waals surface area contributed by atoms with Crippen LogP contribution in [0.25, 0.3) is 0 Å². The lowest BCUT2D eigenvalue weighted by atomic mass is 9.75. The maximum Gasteiger partial charge on any atom is 0.136 e. The number of rotatable bonds is 1. The molecule has 15 heavy (non-hydrogen) atoms. The van der Waals surface area contributed by atoms with Gasteiger partial charge in [-0.25, -0.2) is 4.68 Å². The minimum Gasteiger partial charge on any atom is -0.383 e. The topological polar surface area (TPSA) is 43.8 Å². The molecule has 1 unspecified atom stereocenters. The first kappa shape index (κ1) is 11.0. The third-order valence-corrected chi connectivity index (χ3v) is 3.92. The van der Waals surface area contributed by atoms with Crippen molar-refractivity contribution in [3.8, 4) is 0 Å². The van der Waals surface area contributed by atoms with Crippen molar-refractivity contribution in [2.24, 2.45) is 5.41 Å². The van der Waals surface area contributed by atoms with E-state index < -0.39 is 0 Å². The van der Waals surface area contributed by atoms with Gasteiger partial charge in [-0.05, 0) is 40.6 Å². The van der Waals surface area contributed by atoms with Crippen LogP contribution in [0.3, 0.4) is 0 Å². The van der Waals surface area contributed by atoms with E-state index in [0.29, 0.717) is 11.5 Å². The van der Waals surface area contributed by atoms with E-state index in [-0.39, 0.29) is 0 Å². The second-order valence-electron chi connectivity index (χ2n) is 5.24. The van der Waals surface area contributed by atoms with Gasteiger partial charge in [-0.3, -0.25) is 0 Å². The summed E-state index contributed by atoms with van der Waals surface area (Å²) in [6.45, 7) is 4.65. The maximum atomic E-state index is 5.98. The van der Waals surface area contributed by atoms with Crippen LogP contribution in [0.4, 0.5) is 5.82 Å². The summed E-state index contributed by atoms with van der Waals surface area (Å²) >= 11 is 3.40. The highest BCUT2D eigenvalue weighted by Crippen LogP contribution is 2.41. The van der Waals surface area contributed by atoms with Crippen LogP contribution in [0, 0.1) is 5.41 Å². The molecule has 4 heteroatoms. The molecule has 0 spiro atoms. The third kappa shape index (κ3) is 2.19. The number of anilines is 1. The van der Waals surface area contributed by atoms with Gasteiger partial charge in [0.15, 0.2) is 0 Å². The van der Waals surface area contributed by atoms with Crippen LogP contribution in [0.2, 0.25) is 0 Å². The minimum absolute atomic E-state index is 0.424. The van der Waals surface area contributed by atoms with Gasteiger partial charge < -0.3 is 5.73 Å². The highest BCUT2D eigenvalue weighted by atomic mass is 79.9. The zero-order valence-electron chi connectivity index (χ0n) is 9.33. The highest BCUT2D eigenvalue weighted by molar-refractivity contribution is 9.10. The van der Waals surface area contributed by atoms with Gasteiger partial charge in [0, 0.05) is 0 Å². The first-order valence-corrected chi connectivity index (χ1v) is 6.27. The lowest BCUT2D eigenvalue weighted by molar-refractivity contribution is 0.176. The molecule has 1 saturated carbocycles. The van der Waals surface area contributed by atoms with E-state index in [0.717, 1.165) is 10.3 Å². The standard InChI is InChI=1S/C11H18BrN3/c1-11(2)5-3-4-8(6-11)15-10(13)9(12)7-14-15/h7-8H,3-6,13H2,1-2H3. The van der Waals surface area contributed by atoms with Crippen LogP contribution < -0.4 is 5.73 Å². The van der Waals surface area contributed by atoms with Gasteiger partial charge in [0.05, 0.1) is 16.7 Å². The van der Waals surface area contributed by atoms with Crippen molar-refractivity contribution < 1.29 is 0 Å². The summed E-state index contributed by atoms with van der Waals surface area (Å²) < 4.78 is 2.89. The van der Waals surface area contributed by atoms with E-state index in [4.69, 9.17) is 5.73 Å². The fraction of sp³-hybridized carbons (Fsp3) is 0.727. The van der Waals surface area contributed by atoms with Gasteiger partial charge in [0.25, 0.3) is 0 Å². The summed E-state index contributed by atoms with van der Waals surface area (Å²) in [4.78, 5) is 0. The molecule has 2 N–H and O–H groups in total. The number of aromatic nitrogens is 2. The molecule has 0 aliphatic heterocycles. The highest BCUT2D eigenvalue weighted by Gasteiger charge is 2.30. The van der Waals surface area contributed by atoms with E-state index in [9.17, 15) is 0 Å². The maximum absolute atomic E-state index is 5.98. The average molecular weight is 272 g/mol. The molecule has 1 aliphatic rings. The largest absolute Gasteiger partial charge is 0.383 e. The Balaban J connectivity index is 2.21. The molecule has 1 aliphatic carbocycles. The molecule has 0 amide bonds. The molecule has 1 fully saturated rings. The second kappa shape index (κ2) is 3.81. The van der Waals surface area contributed by atoms with Crippen molar-refractivity contribution >= 4 is 21.7 Å². The molecule has 1 atom stereocenters. The Morgan fingerprint density at radius 2 is 2.33 bits per heavy atom. The lowest BCUT2D eigenvalue weighted by Crippen LogP contribution is -2.26. The van der Waals surface area contributed by atoms with Crippen LogP contribution in [-0.2, 0) is 0 Å². The Bertz CT molecular complexity index is 357. The van der Waals surface area contributed by atoms with Crippen LogP contribution >= 0.6 is 15.9 Å². The zero-order valence-corrected chi connectivity index (χ0v) is 10.9. The van der Waals surface area contributed by atoms with Crippen molar-refractivity contribution in [1.29, 1.82) is 0 Å². The molecule has 0 saturated heterocycles. The fourth-order valence-electron chi connectivity index (χ4n) is 2.51. The summed E-state index contributed by atoms with van der Waals surface area (Å²) in [7, 11) is 0. The van der Waals surface area contributed by atoms with Crippen LogP contribution in [0.5, 0.6) is 0 Å². The van der Waals surface area contributed by atoms with Crippen LogP contribution in [0.1, 0.15) is 45.6 Å². The molecule has 0 bridgehead atoms. The van der Waals surface area contributed by atoms with Crippen molar-refractivity contribution in [2.75, 3.05) is 5.73 Å². The Morgan fingerprint density at radius 1 is 1.60 bits per heavy atom. The predicted octanol–water partition coefficient (Wildman–Crippen LogP) is 3.37. The molecule has 84 valence electrons. The van der Waals surface area contributed by atoms with E-state index in [1.807, 2.05) is 4.68 Å². The van der Waals surface area contributed by atoms with Gasteiger partial charge in [-0.2, -0.15) is 5.10 Å². The molecular weight excluding hydrogens is 254 g/mol. The SMILES string of the molecule is CC1(C)CCCC(n2ncc(Br)c2N)C1. The normalized spacial score (nSPS) is 25.4. The fourth-order valence-corrected chi connectivity index (χ4v) is 2.78. The van der Waals surface area contributed by atoms with Crippen molar-refractivity contribution in [1.82, 2.24) is 9.78 Å². The number of nitrogens with two attached hydrogens (primary N) is 1. The van der Waals surface area contributed by atoms with Gasteiger partial charge in [0.2, 0.25) is 0 Å². The van der Waals surface area contributed by atoms with Crippen LogP contribution in [-0.4, -0.2) is 9.78 Å². The minimum atomic E-state index is 0.424. The Kier molecular flexibility index (Phi) is 2.79. The predicted molar refractivity (Wildman–Crippen MR) is 65.6 cm³/mol. The van der Waals surface area contributed by atoms with E-state index in [1.54, 1.807) is 6.20 Å². The molecule has 0 aromatic carbocycles.